The van der Waals surface area contributed by atoms with Crippen LogP contribution in [0.1, 0.15) is 18.1 Å². The van der Waals surface area contributed by atoms with E-state index in [4.69, 9.17) is 0 Å². The maximum Gasteiger partial charge on any atom is 0.252 e. The van der Waals surface area contributed by atoms with Crippen LogP contribution >= 0.6 is 0 Å². The number of aromatic nitrogens is 6. The second-order valence-electron chi connectivity index (χ2n) is 5.71. The first-order valence-electron chi connectivity index (χ1n) is 8.26. The molecule has 1 aromatic carbocycles. The molecule has 8 nitrogen and oxygen atoms in total. The average molecular weight is 347 g/mol. The summed E-state index contributed by atoms with van der Waals surface area (Å²) in [6, 6.07) is 11.3. The minimum absolute atomic E-state index is 0.451. The quantitative estimate of drug-likeness (QED) is 0.551. The molecule has 3 aromatic heterocycles. The van der Waals surface area contributed by atoms with E-state index in [-0.39, 0.29) is 0 Å². The van der Waals surface area contributed by atoms with E-state index in [0.29, 0.717) is 30.4 Å². The number of aliphatic hydroxyl groups excluding tert-OH is 1. The first-order chi connectivity index (χ1) is 12.8. The summed E-state index contributed by atoms with van der Waals surface area (Å²) in [7, 11) is 0. The number of fused-ring (bicyclic) bond motifs is 1. The summed E-state index contributed by atoms with van der Waals surface area (Å²) in [5.74, 6) is 1.11. The normalized spacial score (nSPS) is 12.2. The molecule has 0 aliphatic rings. The van der Waals surface area contributed by atoms with Crippen molar-refractivity contribution in [2.75, 3.05) is 11.9 Å². The number of rotatable bonds is 6. The van der Waals surface area contributed by atoms with Crippen LogP contribution in [0.2, 0.25) is 0 Å². The van der Waals surface area contributed by atoms with Gasteiger partial charge < -0.3 is 10.4 Å². The number of nitrogens with one attached hydrogen (secondary N) is 1. The summed E-state index contributed by atoms with van der Waals surface area (Å²) in [4.78, 5) is 17.0. The summed E-state index contributed by atoms with van der Waals surface area (Å²) in [5, 5.41) is 18.6. The molecule has 3 heterocycles. The van der Waals surface area contributed by atoms with Gasteiger partial charge in [-0.25, -0.2) is 19.9 Å². The minimum Gasteiger partial charge on any atom is -0.388 e. The molecule has 1 atom stereocenters. The van der Waals surface area contributed by atoms with Crippen LogP contribution in [0.25, 0.3) is 17.0 Å². The summed E-state index contributed by atoms with van der Waals surface area (Å²) >= 11 is 0. The molecule has 4 rings (SSSR count). The lowest BCUT2D eigenvalue weighted by Gasteiger charge is -2.12. The average Bonchev–Trinajstić information content (AvgIpc) is 3.14. The smallest absolute Gasteiger partial charge is 0.252 e. The molecule has 0 radical (unpaired) electrons. The Morgan fingerprint density at radius 1 is 1.00 bits per heavy atom. The number of hydrogen-bond acceptors (Lipinski definition) is 7. The van der Waals surface area contributed by atoms with Gasteiger partial charge in [0, 0.05) is 18.9 Å². The SMILES string of the molecule is OC(CCNc1ncnc2c1cnn2-c1ncccn1)c1ccccc1. The van der Waals surface area contributed by atoms with Gasteiger partial charge in [0.2, 0.25) is 0 Å². The van der Waals surface area contributed by atoms with Crippen LogP contribution in [0.15, 0.2) is 61.3 Å². The Balaban J connectivity index is 1.50. The number of nitrogens with zero attached hydrogens (tertiary/aromatic N) is 6. The van der Waals surface area contributed by atoms with Crippen molar-refractivity contribution in [3.63, 3.8) is 0 Å². The summed E-state index contributed by atoms with van der Waals surface area (Å²) in [5.41, 5.74) is 1.52. The monoisotopic (exact) mass is 347 g/mol. The Bertz CT molecular complexity index is 988. The van der Waals surface area contributed by atoms with Crippen LogP contribution in [0.5, 0.6) is 0 Å². The van der Waals surface area contributed by atoms with E-state index >= 15 is 0 Å². The van der Waals surface area contributed by atoms with Gasteiger partial charge in [-0.05, 0) is 18.1 Å². The first kappa shape index (κ1) is 16.1. The Labute approximate surface area is 149 Å². The summed E-state index contributed by atoms with van der Waals surface area (Å²) in [6.45, 7) is 0.565. The fourth-order valence-electron chi connectivity index (χ4n) is 2.70. The second-order valence-corrected chi connectivity index (χ2v) is 5.71. The van der Waals surface area contributed by atoms with E-state index in [0.717, 1.165) is 10.9 Å². The standard InChI is InChI=1S/C18H17N7O/c26-15(13-5-2-1-3-6-13)7-10-19-16-14-11-24-25(17(14)23-12-22-16)18-20-8-4-9-21-18/h1-6,8-9,11-12,15,26H,7,10H2,(H,19,22,23). The first-order valence-corrected chi connectivity index (χ1v) is 8.26. The number of anilines is 1. The van der Waals surface area contributed by atoms with Gasteiger partial charge in [0.1, 0.15) is 12.1 Å². The van der Waals surface area contributed by atoms with Gasteiger partial charge in [0.25, 0.3) is 5.95 Å². The molecule has 0 aliphatic heterocycles. The van der Waals surface area contributed by atoms with Crippen molar-refractivity contribution >= 4 is 16.9 Å². The van der Waals surface area contributed by atoms with Gasteiger partial charge in [-0.3, -0.25) is 0 Å². The highest BCUT2D eigenvalue weighted by Gasteiger charge is 2.13. The van der Waals surface area contributed by atoms with Crippen LogP contribution in [0, 0.1) is 0 Å². The highest BCUT2D eigenvalue weighted by atomic mass is 16.3. The molecule has 0 saturated carbocycles. The van der Waals surface area contributed by atoms with Gasteiger partial charge in [0.05, 0.1) is 17.7 Å². The van der Waals surface area contributed by atoms with Gasteiger partial charge in [-0.1, -0.05) is 30.3 Å². The minimum atomic E-state index is -0.526. The Morgan fingerprint density at radius 3 is 2.62 bits per heavy atom. The fourth-order valence-corrected chi connectivity index (χ4v) is 2.70. The molecule has 0 amide bonds. The zero-order chi connectivity index (χ0) is 17.8. The number of aliphatic hydroxyl groups is 1. The highest BCUT2D eigenvalue weighted by Crippen LogP contribution is 2.21. The summed E-state index contributed by atoms with van der Waals surface area (Å²) < 4.78 is 1.57. The molecule has 1 unspecified atom stereocenters. The lowest BCUT2D eigenvalue weighted by Crippen LogP contribution is -2.09. The van der Waals surface area contributed by atoms with Gasteiger partial charge in [0.15, 0.2) is 5.65 Å². The fraction of sp³-hybridized carbons (Fsp3) is 0.167. The largest absolute Gasteiger partial charge is 0.388 e. The Hall–Kier alpha value is -3.39. The third-order valence-corrected chi connectivity index (χ3v) is 4.00. The predicted molar refractivity (Wildman–Crippen MR) is 96.8 cm³/mol. The van der Waals surface area contributed by atoms with Crippen LogP contribution in [0.4, 0.5) is 5.82 Å². The molecular formula is C18H17N7O. The van der Waals surface area contributed by atoms with Crippen molar-refractivity contribution in [2.24, 2.45) is 0 Å². The number of benzene rings is 1. The van der Waals surface area contributed by atoms with Crippen molar-refractivity contribution in [1.29, 1.82) is 0 Å². The topological polar surface area (TPSA) is 102 Å². The molecule has 0 saturated heterocycles. The highest BCUT2D eigenvalue weighted by molar-refractivity contribution is 5.86. The predicted octanol–water partition coefficient (Wildman–Crippen LogP) is 2.14. The third kappa shape index (κ3) is 3.22. The second kappa shape index (κ2) is 7.24. The van der Waals surface area contributed by atoms with Crippen molar-refractivity contribution < 1.29 is 5.11 Å². The van der Waals surface area contributed by atoms with E-state index in [1.165, 1.54) is 6.33 Å². The maximum atomic E-state index is 10.3. The van der Waals surface area contributed by atoms with Crippen molar-refractivity contribution in [3.05, 3.63) is 66.9 Å². The molecule has 2 N–H and O–H groups in total. The van der Waals surface area contributed by atoms with E-state index < -0.39 is 6.10 Å². The van der Waals surface area contributed by atoms with E-state index in [2.05, 4.69) is 30.4 Å². The van der Waals surface area contributed by atoms with Crippen molar-refractivity contribution in [1.82, 2.24) is 29.7 Å². The lowest BCUT2D eigenvalue weighted by molar-refractivity contribution is 0.171. The van der Waals surface area contributed by atoms with Crippen LogP contribution in [0.3, 0.4) is 0 Å². The van der Waals surface area contributed by atoms with E-state index in [9.17, 15) is 5.11 Å². The van der Waals surface area contributed by atoms with Gasteiger partial charge in [-0.15, -0.1) is 0 Å². The van der Waals surface area contributed by atoms with Gasteiger partial charge >= 0.3 is 0 Å². The molecule has 4 aromatic rings. The summed E-state index contributed by atoms with van der Waals surface area (Å²) in [6.07, 6.45) is 6.50. The van der Waals surface area contributed by atoms with Crippen LogP contribution < -0.4 is 5.32 Å². The van der Waals surface area contributed by atoms with E-state index in [1.54, 1.807) is 29.3 Å². The molecule has 26 heavy (non-hydrogen) atoms. The Morgan fingerprint density at radius 2 is 1.81 bits per heavy atom. The zero-order valence-corrected chi connectivity index (χ0v) is 13.9. The molecular weight excluding hydrogens is 330 g/mol. The number of hydrogen-bond donors (Lipinski definition) is 2. The molecule has 0 bridgehead atoms. The molecule has 0 aliphatic carbocycles. The van der Waals surface area contributed by atoms with Crippen molar-refractivity contribution in [3.8, 4) is 5.95 Å². The third-order valence-electron chi connectivity index (χ3n) is 4.00. The van der Waals surface area contributed by atoms with Crippen LogP contribution in [-0.4, -0.2) is 41.4 Å². The molecule has 0 spiro atoms. The van der Waals surface area contributed by atoms with Crippen molar-refractivity contribution in [2.45, 2.75) is 12.5 Å². The van der Waals surface area contributed by atoms with Gasteiger partial charge in [-0.2, -0.15) is 9.78 Å². The lowest BCUT2D eigenvalue weighted by atomic mass is 10.1. The molecule has 130 valence electrons. The van der Waals surface area contributed by atoms with E-state index in [1.807, 2.05) is 30.3 Å². The molecule has 0 fully saturated rings. The maximum absolute atomic E-state index is 10.3. The zero-order valence-electron chi connectivity index (χ0n) is 13.9. The van der Waals surface area contributed by atoms with Crippen LogP contribution in [-0.2, 0) is 0 Å². The molecule has 8 heteroatoms. The Kier molecular flexibility index (Phi) is 4.48.